The third-order valence-corrected chi connectivity index (χ3v) is 6.59. The Hall–Kier alpha value is -2.81. The summed E-state index contributed by atoms with van der Waals surface area (Å²) in [5.41, 5.74) is 1.83. The van der Waals surface area contributed by atoms with Gasteiger partial charge in [-0.05, 0) is 20.8 Å². The summed E-state index contributed by atoms with van der Waals surface area (Å²) >= 11 is 1.32. The Bertz CT molecular complexity index is 985. The summed E-state index contributed by atoms with van der Waals surface area (Å²) in [5, 5.41) is 23.1. The van der Waals surface area contributed by atoms with Gasteiger partial charge < -0.3 is 19.6 Å². The van der Waals surface area contributed by atoms with Crippen molar-refractivity contribution in [2.75, 3.05) is 0 Å². The molecule has 9 heteroatoms. The number of rotatable bonds is 4. The molecular formula is C19H19N3O5S. The number of thioether (sulfide) groups is 1. The Kier molecular flexibility index (Phi) is 4.22. The number of aliphatic carboxylic acids is 2. The number of fused-ring (bicyclic) bond motifs is 1. The van der Waals surface area contributed by atoms with E-state index in [1.54, 1.807) is 11.8 Å². The molecule has 0 amide bonds. The first-order valence-corrected chi connectivity index (χ1v) is 9.62. The van der Waals surface area contributed by atoms with Crippen LogP contribution in [-0.2, 0) is 9.59 Å². The second kappa shape index (κ2) is 6.37. The van der Waals surface area contributed by atoms with Crippen molar-refractivity contribution >= 4 is 29.5 Å². The molecule has 28 heavy (non-hydrogen) atoms. The molecule has 0 saturated carbocycles. The molecule has 1 aromatic heterocycles. The van der Waals surface area contributed by atoms with Gasteiger partial charge >= 0.3 is 11.9 Å². The Morgan fingerprint density at radius 1 is 1.18 bits per heavy atom. The summed E-state index contributed by atoms with van der Waals surface area (Å²) < 4.78 is 4.70. The Morgan fingerprint density at radius 3 is 2.46 bits per heavy atom. The van der Waals surface area contributed by atoms with E-state index in [1.165, 1.54) is 11.8 Å². The first-order chi connectivity index (χ1) is 13.2. The molecule has 0 bridgehead atoms. The van der Waals surface area contributed by atoms with Crippen LogP contribution in [0.4, 0.5) is 0 Å². The van der Waals surface area contributed by atoms with Gasteiger partial charge in [0.05, 0.1) is 5.56 Å². The smallest absolute Gasteiger partial charge is 0.331 e. The van der Waals surface area contributed by atoms with Gasteiger partial charge in [-0.3, -0.25) is 0 Å². The molecule has 2 aliphatic rings. The SMILES string of the molecule is Cc1onc(-c2ccccc2)c1C1=NC(C(=O)O)C2SC(C)(C)C(C(=O)O)N12. The van der Waals surface area contributed by atoms with Crippen LogP contribution < -0.4 is 0 Å². The fourth-order valence-electron chi connectivity index (χ4n) is 3.85. The number of aryl methyl sites for hydroxylation is 1. The van der Waals surface area contributed by atoms with Gasteiger partial charge in [-0.25, -0.2) is 14.6 Å². The molecule has 3 unspecified atom stereocenters. The molecule has 0 radical (unpaired) electrons. The normalized spacial score (nSPS) is 25.5. The molecule has 146 valence electrons. The number of carbonyl (C=O) groups is 2. The molecule has 2 N–H and O–H groups in total. The standard InChI is InChI=1S/C19H19N3O5S/c1-9-11(12(21-27-9)10-7-5-4-6-8-10)15-20-13(17(23)24)16-22(15)14(18(25)26)19(2,3)28-16/h4-8,13-14,16H,1-3H3,(H,23,24)(H,25,26). The van der Waals surface area contributed by atoms with Crippen LogP contribution in [0.2, 0.25) is 0 Å². The van der Waals surface area contributed by atoms with Crippen LogP contribution in [0, 0.1) is 6.92 Å². The third kappa shape index (κ3) is 2.69. The molecule has 3 heterocycles. The number of carboxylic acid groups (broad SMARTS) is 2. The lowest BCUT2D eigenvalue weighted by Gasteiger charge is -2.29. The average molecular weight is 401 g/mol. The highest BCUT2D eigenvalue weighted by atomic mass is 32.2. The quantitative estimate of drug-likeness (QED) is 0.803. The molecular weight excluding hydrogens is 382 g/mol. The van der Waals surface area contributed by atoms with Crippen LogP contribution in [0.25, 0.3) is 11.3 Å². The van der Waals surface area contributed by atoms with E-state index >= 15 is 0 Å². The maximum atomic E-state index is 12.1. The molecule has 1 saturated heterocycles. The molecule has 2 aromatic rings. The zero-order chi connectivity index (χ0) is 20.2. The molecule has 0 aliphatic carbocycles. The summed E-state index contributed by atoms with van der Waals surface area (Å²) in [7, 11) is 0. The maximum absolute atomic E-state index is 12.1. The van der Waals surface area contributed by atoms with Crippen molar-refractivity contribution in [2.24, 2.45) is 4.99 Å². The lowest BCUT2D eigenvalue weighted by atomic mass is 9.99. The van der Waals surface area contributed by atoms with E-state index in [4.69, 9.17) is 4.52 Å². The molecule has 8 nitrogen and oxygen atoms in total. The monoisotopic (exact) mass is 401 g/mol. The fourth-order valence-corrected chi connectivity index (χ4v) is 5.46. The number of aliphatic imine (C=N–C) groups is 1. The first kappa shape index (κ1) is 18.5. The van der Waals surface area contributed by atoms with Gasteiger partial charge in [-0.2, -0.15) is 0 Å². The van der Waals surface area contributed by atoms with Gasteiger partial charge in [0.15, 0.2) is 6.04 Å². The predicted octanol–water partition coefficient (Wildman–Crippen LogP) is 2.47. The van der Waals surface area contributed by atoms with Crippen molar-refractivity contribution in [2.45, 2.75) is 43.0 Å². The van der Waals surface area contributed by atoms with Gasteiger partial charge in [0.25, 0.3) is 0 Å². The summed E-state index contributed by atoms with van der Waals surface area (Å²) in [6.45, 7) is 5.33. The summed E-state index contributed by atoms with van der Waals surface area (Å²) in [6, 6.07) is 7.32. The van der Waals surface area contributed by atoms with E-state index in [0.717, 1.165) is 5.56 Å². The first-order valence-electron chi connectivity index (χ1n) is 8.74. The number of hydrogen-bond donors (Lipinski definition) is 2. The molecule has 1 aromatic carbocycles. The fraction of sp³-hybridized carbons (Fsp3) is 0.368. The van der Waals surface area contributed by atoms with E-state index in [9.17, 15) is 19.8 Å². The van der Waals surface area contributed by atoms with Crippen molar-refractivity contribution in [3.8, 4) is 11.3 Å². The predicted molar refractivity (Wildman–Crippen MR) is 103 cm³/mol. The van der Waals surface area contributed by atoms with E-state index < -0.39 is 34.1 Å². The number of carboxylic acids is 2. The topological polar surface area (TPSA) is 116 Å². The van der Waals surface area contributed by atoms with Gasteiger partial charge in [-0.1, -0.05) is 35.5 Å². The number of amidine groups is 1. The molecule has 2 aliphatic heterocycles. The second-order valence-corrected chi connectivity index (χ2v) is 9.09. The van der Waals surface area contributed by atoms with Gasteiger partial charge in [-0.15, -0.1) is 11.8 Å². The van der Waals surface area contributed by atoms with Crippen molar-refractivity contribution in [1.82, 2.24) is 10.1 Å². The minimum atomic E-state index is -1.09. The van der Waals surface area contributed by atoms with Crippen LogP contribution in [0.3, 0.4) is 0 Å². The number of benzene rings is 1. The van der Waals surface area contributed by atoms with Crippen molar-refractivity contribution in [1.29, 1.82) is 0 Å². The Labute approximate surface area is 165 Å². The van der Waals surface area contributed by atoms with Gasteiger partial charge in [0.2, 0.25) is 0 Å². The summed E-state index contributed by atoms with van der Waals surface area (Å²) in [4.78, 5) is 30.0. The molecule has 3 atom stereocenters. The highest BCUT2D eigenvalue weighted by molar-refractivity contribution is 8.01. The van der Waals surface area contributed by atoms with Gasteiger partial charge in [0, 0.05) is 10.3 Å². The lowest BCUT2D eigenvalue weighted by Crippen LogP contribution is -2.50. The third-order valence-electron chi connectivity index (χ3n) is 5.03. The van der Waals surface area contributed by atoms with Crippen LogP contribution in [-0.4, -0.2) is 60.2 Å². The van der Waals surface area contributed by atoms with Crippen LogP contribution in [0.1, 0.15) is 25.2 Å². The molecule has 1 fully saturated rings. The van der Waals surface area contributed by atoms with E-state index in [-0.39, 0.29) is 0 Å². The minimum absolute atomic E-state index is 0.306. The van der Waals surface area contributed by atoms with E-state index in [2.05, 4.69) is 10.1 Å². The lowest BCUT2D eigenvalue weighted by molar-refractivity contribution is -0.143. The van der Waals surface area contributed by atoms with Crippen LogP contribution >= 0.6 is 11.8 Å². The van der Waals surface area contributed by atoms with E-state index in [0.29, 0.717) is 22.9 Å². The summed E-state index contributed by atoms with van der Waals surface area (Å²) in [5.74, 6) is -1.34. The van der Waals surface area contributed by atoms with Crippen molar-refractivity contribution in [3.05, 3.63) is 41.7 Å². The molecule has 0 spiro atoms. The second-order valence-electron chi connectivity index (χ2n) is 7.32. The Balaban J connectivity index is 1.90. The van der Waals surface area contributed by atoms with Gasteiger partial charge in [0.1, 0.15) is 28.7 Å². The van der Waals surface area contributed by atoms with Crippen LogP contribution in [0.5, 0.6) is 0 Å². The number of aromatic nitrogens is 1. The minimum Gasteiger partial charge on any atom is -0.480 e. The summed E-state index contributed by atoms with van der Waals surface area (Å²) in [6.07, 6.45) is 0. The molecule has 4 rings (SSSR count). The van der Waals surface area contributed by atoms with Crippen molar-refractivity contribution in [3.63, 3.8) is 0 Å². The van der Waals surface area contributed by atoms with Crippen LogP contribution in [0.15, 0.2) is 39.8 Å². The van der Waals surface area contributed by atoms with Crippen molar-refractivity contribution < 1.29 is 24.3 Å². The average Bonchev–Trinajstić information content (AvgIpc) is 3.24. The highest BCUT2D eigenvalue weighted by Gasteiger charge is 2.59. The maximum Gasteiger partial charge on any atom is 0.331 e. The zero-order valence-electron chi connectivity index (χ0n) is 15.5. The largest absolute Gasteiger partial charge is 0.480 e. The zero-order valence-corrected chi connectivity index (χ0v) is 16.3. The van der Waals surface area contributed by atoms with E-state index in [1.807, 2.05) is 44.2 Å². The number of nitrogens with zero attached hydrogens (tertiary/aromatic N) is 3. The number of hydrogen-bond acceptors (Lipinski definition) is 7. The Morgan fingerprint density at radius 2 is 1.86 bits per heavy atom. The highest BCUT2D eigenvalue weighted by Crippen LogP contribution is 2.50.